The van der Waals surface area contributed by atoms with E-state index < -0.39 is 0 Å². The molecule has 102 valence electrons. The maximum Gasteiger partial charge on any atom is 0.0292 e. The molecular formula is C16H28N2. The van der Waals surface area contributed by atoms with E-state index in [4.69, 9.17) is 0 Å². The highest BCUT2D eigenvalue weighted by molar-refractivity contribution is 5.24. The normalized spacial score (nSPS) is 12.9. The minimum Gasteiger partial charge on any atom is -0.309 e. The summed E-state index contributed by atoms with van der Waals surface area (Å²) in [4.78, 5) is 2.50. The Morgan fingerprint density at radius 3 is 2.61 bits per heavy atom. The van der Waals surface area contributed by atoms with Crippen LogP contribution in [-0.2, 0) is 0 Å². The van der Waals surface area contributed by atoms with Crippen LogP contribution in [0.2, 0.25) is 0 Å². The lowest BCUT2D eigenvalue weighted by Gasteiger charge is -2.21. The van der Waals surface area contributed by atoms with Crippen LogP contribution < -0.4 is 5.32 Å². The Bertz CT molecular complexity index is 336. The van der Waals surface area contributed by atoms with Gasteiger partial charge in [0, 0.05) is 19.1 Å². The fourth-order valence-electron chi connectivity index (χ4n) is 2.24. The molecule has 0 amide bonds. The predicted octanol–water partition coefficient (Wildman–Crippen LogP) is 3.38. The summed E-state index contributed by atoms with van der Waals surface area (Å²) >= 11 is 0. The van der Waals surface area contributed by atoms with Crippen LogP contribution in [0.1, 0.15) is 44.4 Å². The molecule has 0 aliphatic rings. The predicted molar refractivity (Wildman–Crippen MR) is 80.0 cm³/mol. The van der Waals surface area contributed by atoms with Crippen LogP contribution in [0.3, 0.4) is 0 Å². The SMILES string of the molecule is CCCN(CC)CCNC(C)c1cccc(C)c1. The first-order chi connectivity index (χ1) is 8.67. The van der Waals surface area contributed by atoms with Crippen LogP contribution >= 0.6 is 0 Å². The Balaban J connectivity index is 2.34. The highest BCUT2D eigenvalue weighted by Crippen LogP contribution is 2.13. The molecule has 1 aromatic rings. The summed E-state index contributed by atoms with van der Waals surface area (Å²) in [5.74, 6) is 0. The molecule has 0 fully saturated rings. The van der Waals surface area contributed by atoms with E-state index in [1.807, 2.05) is 0 Å². The van der Waals surface area contributed by atoms with Crippen molar-refractivity contribution in [1.29, 1.82) is 0 Å². The van der Waals surface area contributed by atoms with Crippen LogP contribution in [0.4, 0.5) is 0 Å². The third-order valence-corrected chi connectivity index (χ3v) is 3.41. The maximum absolute atomic E-state index is 3.61. The molecule has 0 saturated heterocycles. The monoisotopic (exact) mass is 248 g/mol. The Labute approximate surface area is 112 Å². The summed E-state index contributed by atoms with van der Waals surface area (Å²) in [6.07, 6.45) is 1.24. The fraction of sp³-hybridized carbons (Fsp3) is 0.625. The van der Waals surface area contributed by atoms with E-state index in [-0.39, 0.29) is 0 Å². The molecule has 2 heteroatoms. The van der Waals surface area contributed by atoms with Crippen molar-refractivity contribution in [2.75, 3.05) is 26.2 Å². The maximum atomic E-state index is 3.61. The number of nitrogens with one attached hydrogen (secondary N) is 1. The molecule has 1 N–H and O–H groups in total. The first-order valence-electron chi connectivity index (χ1n) is 7.19. The highest BCUT2D eigenvalue weighted by Gasteiger charge is 2.05. The van der Waals surface area contributed by atoms with Crippen molar-refractivity contribution in [3.8, 4) is 0 Å². The van der Waals surface area contributed by atoms with Crippen LogP contribution in [0.15, 0.2) is 24.3 Å². The second kappa shape index (κ2) is 8.28. The van der Waals surface area contributed by atoms with E-state index >= 15 is 0 Å². The molecule has 0 radical (unpaired) electrons. The summed E-state index contributed by atoms with van der Waals surface area (Å²) < 4.78 is 0. The number of benzene rings is 1. The fourth-order valence-corrected chi connectivity index (χ4v) is 2.24. The molecule has 1 unspecified atom stereocenters. The number of nitrogens with zero attached hydrogens (tertiary/aromatic N) is 1. The molecule has 0 spiro atoms. The third-order valence-electron chi connectivity index (χ3n) is 3.41. The molecule has 0 aromatic heterocycles. The lowest BCUT2D eigenvalue weighted by Crippen LogP contribution is -2.33. The quantitative estimate of drug-likeness (QED) is 0.759. The van der Waals surface area contributed by atoms with Gasteiger partial charge in [0.25, 0.3) is 0 Å². The van der Waals surface area contributed by atoms with Crippen molar-refractivity contribution in [2.45, 2.75) is 40.2 Å². The van der Waals surface area contributed by atoms with Gasteiger partial charge >= 0.3 is 0 Å². The zero-order chi connectivity index (χ0) is 13.4. The van der Waals surface area contributed by atoms with E-state index in [0.29, 0.717) is 6.04 Å². The second-order valence-corrected chi connectivity index (χ2v) is 5.02. The van der Waals surface area contributed by atoms with Crippen LogP contribution in [0, 0.1) is 6.92 Å². The lowest BCUT2D eigenvalue weighted by molar-refractivity contribution is 0.284. The Hall–Kier alpha value is -0.860. The number of hydrogen-bond donors (Lipinski definition) is 1. The topological polar surface area (TPSA) is 15.3 Å². The van der Waals surface area contributed by atoms with E-state index in [0.717, 1.165) is 19.6 Å². The van der Waals surface area contributed by atoms with Crippen molar-refractivity contribution in [3.05, 3.63) is 35.4 Å². The van der Waals surface area contributed by atoms with Gasteiger partial charge in [-0.3, -0.25) is 0 Å². The first-order valence-corrected chi connectivity index (χ1v) is 7.19. The molecule has 0 aliphatic heterocycles. The summed E-state index contributed by atoms with van der Waals surface area (Å²) in [5.41, 5.74) is 2.72. The number of likely N-dealkylation sites (N-methyl/N-ethyl adjacent to an activating group) is 1. The zero-order valence-electron chi connectivity index (χ0n) is 12.4. The van der Waals surface area contributed by atoms with Crippen LogP contribution in [-0.4, -0.2) is 31.1 Å². The third kappa shape index (κ3) is 5.19. The highest BCUT2D eigenvalue weighted by atomic mass is 15.1. The number of aryl methyl sites for hydroxylation is 1. The van der Waals surface area contributed by atoms with E-state index in [1.165, 1.54) is 24.1 Å². The van der Waals surface area contributed by atoms with Crippen molar-refractivity contribution in [3.63, 3.8) is 0 Å². The van der Waals surface area contributed by atoms with Crippen molar-refractivity contribution >= 4 is 0 Å². The molecule has 1 atom stereocenters. The molecule has 0 saturated carbocycles. The van der Waals surface area contributed by atoms with Gasteiger partial charge in [-0.2, -0.15) is 0 Å². The lowest BCUT2D eigenvalue weighted by atomic mass is 10.1. The minimum atomic E-state index is 0.435. The van der Waals surface area contributed by atoms with Gasteiger partial charge in [0.2, 0.25) is 0 Å². The van der Waals surface area contributed by atoms with Gasteiger partial charge in [-0.15, -0.1) is 0 Å². The molecular weight excluding hydrogens is 220 g/mol. The molecule has 2 nitrogen and oxygen atoms in total. The van der Waals surface area contributed by atoms with Gasteiger partial charge in [0.1, 0.15) is 0 Å². The van der Waals surface area contributed by atoms with Crippen molar-refractivity contribution in [2.24, 2.45) is 0 Å². The molecule has 0 aliphatic carbocycles. The van der Waals surface area contributed by atoms with E-state index in [2.05, 4.69) is 62.2 Å². The van der Waals surface area contributed by atoms with Gasteiger partial charge in [0.15, 0.2) is 0 Å². The van der Waals surface area contributed by atoms with E-state index in [9.17, 15) is 0 Å². The smallest absolute Gasteiger partial charge is 0.0292 e. The van der Waals surface area contributed by atoms with Gasteiger partial charge < -0.3 is 10.2 Å². The average Bonchev–Trinajstić information content (AvgIpc) is 2.37. The Kier molecular flexibility index (Phi) is 6.99. The summed E-state index contributed by atoms with van der Waals surface area (Å²) in [6.45, 7) is 13.4. The summed E-state index contributed by atoms with van der Waals surface area (Å²) in [7, 11) is 0. The molecule has 1 aromatic carbocycles. The summed E-state index contributed by atoms with van der Waals surface area (Å²) in [6, 6.07) is 9.19. The van der Waals surface area contributed by atoms with Gasteiger partial charge in [-0.25, -0.2) is 0 Å². The van der Waals surface area contributed by atoms with Crippen molar-refractivity contribution < 1.29 is 0 Å². The molecule has 0 bridgehead atoms. The largest absolute Gasteiger partial charge is 0.309 e. The zero-order valence-corrected chi connectivity index (χ0v) is 12.4. The first kappa shape index (κ1) is 15.2. The van der Waals surface area contributed by atoms with Gasteiger partial charge in [0.05, 0.1) is 0 Å². The van der Waals surface area contributed by atoms with Crippen LogP contribution in [0.5, 0.6) is 0 Å². The number of rotatable bonds is 8. The molecule has 1 rings (SSSR count). The molecule has 18 heavy (non-hydrogen) atoms. The van der Waals surface area contributed by atoms with Crippen molar-refractivity contribution in [1.82, 2.24) is 10.2 Å². The Morgan fingerprint density at radius 1 is 1.22 bits per heavy atom. The van der Waals surface area contributed by atoms with Crippen LogP contribution in [0.25, 0.3) is 0 Å². The second-order valence-electron chi connectivity index (χ2n) is 5.02. The Morgan fingerprint density at radius 2 is 2.00 bits per heavy atom. The van der Waals surface area contributed by atoms with Gasteiger partial charge in [-0.1, -0.05) is 43.7 Å². The standard InChI is InChI=1S/C16H28N2/c1-5-11-18(6-2)12-10-17-15(4)16-9-7-8-14(3)13-16/h7-9,13,15,17H,5-6,10-12H2,1-4H3. The van der Waals surface area contributed by atoms with E-state index in [1.54, 1.807) is 0 Å². The van der Waals surface area contributed by atoms with Gasteiger partial charge in [-0.05, 0) is 38.9 Å². The molecule has 0 heterocycles. The minimum absolute atomic E-state index is 0.435. The average molecular weight is 248 g/mol. The number of hydrogen-bond acceptors (Lipinski definition) is 2. The summed E-state index contributed by atoms with van der Waals surface area (Å²) in [5, 5.41) is 3.61.